The van der Waals surface area contributed by atoms with Crippen LogP contribution in [0, 0.1) is 13.8 Å². The highest BCUT2D eigenvalue weighted by Crippen LogP contribution is 2.23. The summed E-state index contributed by atoms with van der Waals surface area (Å²) < 4.78 is 0. The second kappa shape index (κ2) is 5.23. The van der Waals surface area contributed by atoms with Gasteiger partial charge in [0.25, 0.3) is 0 Å². The van der Waals surface area contributed by atoms with Crippen molar-refractivity contribution in [3.8, 4) is 5.75 Å². The van der Waals surface area contributed by atoms with Gasteiger partial charge in [-0.15, -0.1) is 0 Å². The van der Waals surface area contributed by atoms with Crippen LogP contribution >= 0.6 is 11.6 Å². The second-order valence-electron chi connectivity index (χ2n) is 4.25. The van der Waals surface area contributed by atoms with Gasteiger partial charge in [0.1, 0.15) is 5.75 Å². The molecule has 0 bridgehead atoms. The molecule has 3 heteroatoms. The first-order valence-electron chi connectivity index (χ1n) is 5.66. The van der Waals surface area contributed by atoms with Crippen molar-refractivity contribution in [2.75, 3.05) is 0 Å². The molecule has 0 aliphatic rings. The van der Waals surface area contributed by atoms with Crippen LogP contribution in [-0.2, 0) is 0 Å². The molecule has 0 atom stereocenters. The Morgan fingerprint density at radius 1 is 1.11 bits per heavy atom. The van der Waals surface area contributed by atoms with Gasteiger partial charge in [-0.05, 0) is 43.7 Å². The molecule has 18 heavy (non-hydrogen) atoms. The van der Waals surface area contributed by atoms with Crippen molar-refractivity contribution in [1.29, 1.82) is 0 Å². The third-order valence-corrected chi connectivity index (χ3v) is 2.92. The lowest BCUT2D eigenvalue weighted by Crippen LogP contribution is -1.83. The maximum Gasteiger partial charge on any atom is 0.124 e. The molecule has 2 nitrogen and oxygen atoms in total. The fourth-order valence-electron chi connectivity index (χ4n) is 1.72. The Morgan fingerprint density at radius 3 is 2.61 bits per heavy atom. The van der Waals surface area contributed by atoms with Gasteiger partial charge < -0.3 is 5.11 Å². The molecular formula is C15H14ClNO. The Bertz CT molecular complexity index is 605. The summed E-state index contributed by atoms with van der Waals surface area (Å²) in [6, 6.07) is 10.9. The second-order valence-corrected chi connectivity index (χ2v) is 4.69. The predicted molar refractivity (Wildman–Crippen MR) is 76.3 cm³/mol. The Kier molecular flexibility index (Phi) is 3.68. The van der Waals surface area contributed by atoms with Crippen LogP contribution in [0.4, 0.5) is 5.69 Å². The molecular weight excluding hydrogens is 246 g/mol. The Morgan fingerprint density at radius 2 is 1.89 bits per heavy atom. The number of aryl methyl sites for hydroxylation is 2. The normalized spacial score (nSPS) is 11.1. The van der Waals surface area contributed by atoms with Gasteiger partial charge >= 0.3 is 0 Å². The highest BCUT2D eigenvalue weighted by Gasteiger charge is 2.00. The van der Waals surface area contributed by atoms with Crippen LogP contribution in [0.3, 0.4) is 0 Å². The number of aromatic hydroxyl groups is 1. The molecule has 1 N–H and O–H groups in total. The summed E-state index contributed by atoms with van der Waals surface area (Å²) in [4.78, 5) is 4.38. The Balaban J connectivity index is 2.32. The van der Waals surface area contributed by atoms with E-state index in [-0.39, 0.29) is 5.75 Å². The molecule has 0 aliphatic heterocycles. The average molecular weight is 260 g/mol. The van der Waals surface area contributed by atoms with E-state index in [2.05, 4.69) is 11.1 Å². The van der Waals surface area contributed by atoms with Crippen molar-refractivity contribution < 1.29 is 5.11 Å². The minimum atomic E-state index is 0.174. The van der Waals surface area contributed by atoms with E-state index in [9.17, 15) is 5.11 Å². The molecule has 0 aliphatic carbocycles. The van der Waals surface area contributed by atoms with Crippen molar-refractivity contribution in [2.45, 2.75) is 13.8 Å². The van der Waals surface area contributed by atoms with Crippen LogP contribution in [0.5, 0.6) is 5.75 Å². The molecule has 0 fully saturated rings. The fourth-order valence-corrected chi connectivity index (χ4v) is 1.90. The van der Waals surface area contributed by atoms with Gasteiger partial charge in [0.15, 0.2) is 0 Å². The number of hydrogen-bond acceptors (Lipinski definition) is 2. The van der Waals surface area contributed by atoms with Crippen molar-refractivity contribution in [1.82, 2.24) is 0 Å². The van der Waals surface area contributed by atoms with Crippen LogP contribution in [0.1, 0.15) is 16.7 Å². The highest BCUT2D eigenvalue weighted by atomic mass is 35.5. The van der Waals surface area contributed by atoms with E-state index in [0.29, 0.717) is 10.6 Å². The molecule has 0 unspecified atom stereocenters. The van der Waals surface area contributed by atoms with E-state index >= 15 is 0 Å². The number of rotatable bonds is 2. The van der Waals surface area contributed by atoms with Gasteiger partial charge in [0.2, 0.25) is 0 Å². The molecule has 0 aromatic heterocycles. The van der Waals surface area contributed by atoms with Gasteiger partial charge in [-0.1, -0.05) is 29.3 Å². The summed E-state index contributed by atoms with van der Waals surface area (Å²) in [6.07, 6.45) is 1.62. The van der Waals surface area contributed by atoms with Gasteiger partial charge in [-0.25, -0.2) is 0 Å². The third-order valence-electron chi connectivity index (χ3n) is 2.68. The lowest BCUT2D eigenvalue weighted by atomic mass is 10.1. The Hall–Kier alpha value is -1.80. The first kappa shape index (κ1) is 12.7. The number of benzene rings is 2. The average Bonchev–Trinajstić information content (AvgIpc) is 2.32. The topological polar surface area (TPSA) is 32.6 Å². The quantitative estimate of drug-likeness (QED) is 0.796. The molecule has 2 rings (SSSR count). The Labute approximate surface area is 112 Å². The minimum Gasteiger partial charge on any atom is -0.507 e. The van der Waals surface area contributed by atoms with Crippen LogP contribution < -0.4 is 0 Å². The zero-order chi connectivity index (χ0) is 13.1. The van der Waals surface area contributed by atoms with Crippen LogP contribution in [0.25, 0.3) is 0 Å². The summed E-state index contributed by atoms with van der Waals surface area (Å²) >= 11 is 5.88. The first-order chi connectivity index (χ1) is 8.56. The molecule has 2 aromatic rings. The largest absolute Gasteiger partial charge is 0.507 e. The summed E-state index contributed by atoms with van der Waals surface area (Å²) in [5, 5.41) is 10.3. The monoisotopic (exact) mass is 259 g/mol. The van der Waals surface area contributed by atoms with E-state index < -0.39 is 0 Å². The molecule has 0 saturated carbocycles. The molecule has 0 saturated heterocycles. The third kappa shape index (κ3) is 2.90. The zero-order valence-corrected chi connectivity index (χ0v) is 11.1. The standard InChI is InChI=1S/C15H14ClNO/c1-10-3-5-14(11(2)7-10)17-9-12-8-13(16)4-6-15(12)18/h3-9,18H,1-2H3. The van der Waals surface area contributed by atoms with E-state index in [1.807, 2.05) is 26.0 Å². The van der Waals surface area contributed by atoms with E-state index in [4.69, 9.17) is 11.6 Å². The lowest BCUT2D eigenvalue weighted by Gasteiger charge is -2.02. The minimum absolute atomic E-state index is 0.174. The summed E-state index contributed by atoms with van der Waals surface area (Å²) in [5.41, 5.74) is 3.81. The molecule has 0 heterocycles. The van der Waals surface area contributed by atoms with Gasteiger partial charge in [-0.3, -0.25) is 4.99 Å². The maximum atomic E-state index is 9.68. The van der Waals surface area contributed by atoms with Gasteiger partial charge in [0.05, 0.1) is 5.69 Å². The van der Waals surface area contributed by atoms with Crippen molar-refractivity contribution in [2.24, 2.45) is 4.99 Å². The van der Waals surface area contributed by atoms with Crippen LogP contribution in [0.2, 0.25) is 5.02 Å². The molecule has 2 aromatic carbocycles. The number of hydrogen-bond donors (Lipinski definition) is 1. The molecule has 0 amide bonds. The summed E-state index contributed by atoms with van der Waals surface area (Å²) in [7, 11) is 0. The summed E-state index contributed by atoms with van der Waals surface area (Å²) in [6.45, 7) is 4.06. The van der Waals surface area contributed by atoms with Crippen molar-refractivity contribution in [3.05, 3.63) is 58.1 Å². The summed E-state index contributed by atoms with van der Waals surface area (Å²) in [5.74, 6) is 0.174. The number of halogens is 1. The first-order valence-corrected chi connectivity index (χ1v) is 6.04. The van der Waals surface area contributed by atoms with Crippen molar-refractivity contribution >= 4 is 23.5 Å². The smallest absolute Gasteiger partial charge is 0.124 e. The van der Waals surface area contributed by atoms with Crippen molar-refractivity contribution in [3.63, 3.8) is 0 Å². The predicted octanol–water partition coefficient (Wildman–Crippen LogP) is 4.41. The number of phenolic OH excluding ortho intramolecular Hbond substituents is 1. The number of nitrogens with zero attached hydrogens (tertiary/aromatic N) is 1. The molecule has 0 radical (unpaired) electrons. The van der Waals surface area contributed by atoms with E-state index in [0.717, 1.165) is 11.3 Å². The number of phenols is 1. The molecule has 0 spiro atoms. The van der Waals surface area contributed by atoms with E-state index in [1.54, 1.807) is 24.4 Å². The van der Waals surface area contributed by atoms with Crippen LogP contribution in [-0.4, -0.2) is 11.3 Å². The van der Waals surface area contributed by atoms with Gasteiger partial charge in [-0.2, -0.15) is 0 Å². The maximum absolute atomic E-state index is 9.68. The van der Waals surface area contributed by atoms with Gasteiger partial charge in [0, 0.05) is 16.8 Å². The SMILES string of the molecule is Cc1ccc(N=Cc2cc(Cl)ccc2O)c(C)c1. The fraction of sp³-hybridized carbons (Fsp3) is 0.133. The van der Waals surface area contributed by atoms with E-state index in [1.165, 1.54) is 5.56 Å². The highest BCUT2D eigenvalue weighted by molar-refractivity contribution is 6.30. The lowest BCUT2D eigenvalue weighted by molar-refractivity contribution is 0.474. The number of aliphatic imine (C=N–C) groups is 1. The van der Waals surface area contributed by atoms with Crippen LogP contribution in [0.15, 0.2) is 41.4 Å². The molecule has 92 valence electrons. The zero-order valence-electron chi connectivity index (χ0n) is 10.3.